The Kier molecular flexibility index (Phi) is 6.44. The molecule has 4 nitrogen and oxygen atoms in total. The van der Waals surface area contributed by atoms with Crippen molar-refractivity contribution >= 4 is 11.9 Å². The van der Waals surface area contributed by atoms with Crippen molar-refractivity contribution in [3.05, 3.63) is 35.9 Å². The Morgan fingerprint density at radius 2 is 1.91 bits per heavy atom. The van der Waals surface area contributed by atoms with Gasteiger partial charge in [0.25, 0.3) is 0 Å². The molecule has 22 heavy (non-hydrogen) atoms. The van der Waals surface area contributed by atoms with Crippen molar-refractivity contribution in [2.45, 2.75) is 58.2 Å². The lowest BCUT2D eigenvalue weighted by atomic mass is 9.82. The number of ether oxygens (including phenoxy) is 2. The molecule has 1 saturated carbocycles. The van der Waals surface area contributed by atoms with E-state index in [-0.39, 0.29) is 18.0 Å². The standard InChI is InChI=1S/C9H14O2.C9H10O2/c10-9-6-5-7-3-1-2-4-8(7)11-9;1-8(10)11-7-9-5-3-2-4-6-9/h7-8H,1-6H2;2-6H,7H2,1H3. The summed E-state index contributed by atoms with van der Waals surface area (Å²) in [4.78, 5) is 21.3. The summed E-state index contributed by atoms with van der Waals surface area (Å²) < 4.78 is 10.0. The molecule has 1 aliphatic carbocycles. The van der Waals surface area contributed by atoms with Gasteiger partial charge in [0.05, 0.1) is 0 Å². The zero-order chi connectivity index (χ0) is 15.8. The molecular formula is C18H24O4. The molecule has 2 unspecified atom stereocenters. The first-order chi connectivity index (χ1) is 10.6. The van der Waals surface area contributed by atoms with Crippen LogP contribution in [0.4, 0.5) is 0 Å². The van der Waals surface area contributed by atoms with Crippen LogP contribution >= 0.6 is 0 Å². The summed E-state index contributed by atoms with van der Waals surface area (Å²) in [6.07, 6.45) is 6.97. The molecule has 0 N–H and O–H groups in total. The summed E-state index contributed by atoms with van der Waals surface area (Å²) in [6.45, 7) is 1.78. The Bertz CT molecular complexity index is 483. The van der Waals surface area contributed by atoms with Crippen LogP contribution in [0.3, 0.4) is 0 Å². The van der Waals surface area contributed by atoms with Crippen LogP contribution in [0.15, 0.2) is 30.3 Å². The Hall–Kier alpha value is -1.84. The van der Waals surface area contributed by atoms with Gasteiger partial charge < -0.3 is 9.47 Å². The molecule has 0 amide bonds. The first kappa shape index (κ1) is 16.5. The van der Waals surface area contributed by atoms with Gasteiger partial charge in [0, 0.05) is 13.3 Å². The summed E-state index contributed by atoms with van der Waals surface area (Å²) in [7, 11) is 0. The average molecular weight is 304 g/mol. The highest BCUT2D eigenvalue weighted by molar-refractivity contribution is 5.70. The maximum atomic E-state index is 10.9. The van der Waals surface area contributed by atoms with Gasteiger partial charge in [-0.1, -0.05) is 36.8 Å². The van der Waals surface area contributed by atoms with Gasteiger partial charge in [-0.25, -0.2) is 0 Å². The van der Waals surface area contributed by atoms with E-state index in [0.717, 1.165) is 18.4 Å². The largest absolute Gasteiger partial charge is 0.462 e. The third-order valence-electron chi connectivity index (χ3n) is 4.13. The number of esters is 2. The molecule has 2 fully saturated rings. The Labute approximate surface area is 131 Å². The van der Waals surface area contributed by atoms with Gasteiger partial charge in [0.1, 0.15) is 12.7 Å². The monoisotopic (exact) mass is 304 g/mol. The minimum Gasteiger partial charge on any atom is -0.462 e. The van der Waals surface area contributed by atoms with Gasteiger partial charge >= 0.3 is 11.9 Å². The van der Waals surface area contributed by atoms with Crippen molar-refractivity contribution in [3.8, 4) is 0 Å². The maximum Gasteiger partial charge on any atom is 0.306 e. The summed E-state index contributed by atoms with van der Waals surface area (Å²) in [6, 6.07) is 9.60. The molecule has 1 aromatic rings. The third kappa shape index (κ3) is 5.51. The van der Waals surface area contributed by atoms with E-state index < -0.39 is 0 Å². The second-order valence-corrected chi connectivity index (χ2v) is 5.88. The SMILES string of the molecule is CC(=O)OCc1ccccc1.O=C1CCC2CCCCC2O1. The van der Waals surface area contributed by atoms with Crippen LogP contribution in [0.2, 0.25) is 0 Å². The Balaban J connectivity index is 0.000000160. The summed E-state index contributed by atoms with van der Waals surface area (Å²) in [5.74, 6) is 0.475. The highest BCUT2D eigenvalue weighted by atomic mass is 16.5. The van der Waals surface area contributed by atoms with E-state index in [2.05, 4.69) is 0 Å². The lowest BCUT2D eigenvalue weighted by Gasteiger charge is -2.34. The fourth-order valence-corrected chi connectivity index (χ4v) is 2.95. The lowest BCUT2D eigenvalue weighted by Crippen LogP contribution is -2.34. The fraction of sp³-hybridized carbons (Fsp3) is 0.556. The number of hydrogen-bond donors (Lipinski definition) is 0. The predicted molar refractivity (Wildman–Crippen MR) is 83.0 cm³/mol. The molecule has 1 heterocycles. The van der Waals surface area contributed by atoms with E-state index in [0.29, 0.717) is 18.9 Å². The first-order valence-corrected chi connectivity index (χ1v) is 8.02. The molecular weight excluding hydrogens is 280 g/mol. The van der Waals surface area contributed by atoms with E-state index in [1.54, 1.807) is 0 Å². The minimum absolute atomic E-state index is 0.0214. The maximum absolute atomic E-state index is 10.9. The number of carbonyl (C=O) groups is 2. The summed E-state index contributed by atoms with van der Waals surface area (Å²) >= 11 is 0. The Morgan fingerprint density at radius 1 is 1.18 bits per heavy atom. The molecule has 120 valence electrons. The lowest BCUT2D eigenvalue weighted by molar-refractivity contribution is -0.160. The second kappa shape index (κ2) is 8.57. The topological polar surface area (TPSA) is 52.6 Å². The fourth-order valence-electron chi connectivity index (χ4n) is 2.95. The molecule has 1 aliphatic heterocycles. The number of benzene rings is 1. The zero-order valence-electron chi connectivity index (χ0n) is 13.1. The van der Waals surface area contributed by atoms with Crippen molar-refractivity contribution < 1.29 is 19.1 Å². The van der Waals surface area contributed by atoms with Crippen LogP contribution in [-0.4, -0.2) is 18.0 Å². The molecule has 1 saturated heterocycles. The highest BCUT2D eigenvalue weighted by Crippen LogP contribution is 2.33. The molecule has 3 rings (SSSR count). The predicted octanol–water partition coefficient (Wildman–Crippen LogP) is 3.63. The molecule has 2 aliphatic rings. The number of fused-ring (bicyclic) bond motifs is 1. The first-order valence-electron chi connectivity index (χ1n) is 8.02. The summed E-state index contributed by atoms with van der Waals surface area (Å²) in [5, 5.41) is 0. The van der Waals surface area contributed by atoms with Crippen molar-refractivity contribution in [2.24, 2.45) is 5.92 Å². The van der Waals surface area contributed by atoms with Gasteiger partial charge in [-0.2, -0.15) is 0 Å². The summed E-state index contributed by atoms with van der Waals surface area (Å²) in [5.41, 5.74) is 1.02. The molecule has 0 spiro atoms. The van der Waals surface area contributed by atoms with Crippen molar-refractivity contribution in [3.63, 3.8) is 0 Å². The molecule has 4 heteroatoms. The number of rotatable bonds is 2. The van der Waals surface area contributed by atoms with E-state index in [9.17, 15) is 9.59 Å². The van der Waals surface area contributed by atoms with E-state index >= 15 is 0 Å². The molecule has 0 aromatic heterocycles. The van der Waals surface area contributed by atoms with Crippen molar-refractivity contribution in [1.82, 2.24) is 0 Å². The van der Waals surface area contributed by atoms with Crippen LogP contribution in [-0.2, 0) is 25.7 Å². The van der Waals surface area contributed by atoms with Gasteiger partial charge in [0.2, 0.25) is 0 Å². The van der Waals surface area contributed by atoms with Gasteiger partial charge in [-0.05, 0) is 37.2 Å². The van der Waals surface area contributed by atoms with Crippen molar-refractivity contribution in [1.29, 1.82) is 0 Å². The van der Waals surface area contributed by atoms with Crippen LogP contribution in [0.25, 0.3) is 0 Å². The molecule has 2 atom stereocenters. The average Bonchev–Trinajstić information content (AvgIpc) is 2.54. The van der Waals surface area contributed by atoms with Crippen LogP contribution < -0.4 is 0 Å². The highest BCUT2D eigenvalue weighted by Gasteiger charge is 2.32. The Morgan fingerprint density at radius 3 is 2.64 bits per heavy atom. The van der Waals surface area contributed by atoms with E-state index in [1.807, 2.05) is 30.3 Å². The van der Waals surface area contributed by atoms with Gasteiger partial charge in [-0.15, -0.1) is 0 Å². The normalized spacial score (nSPS) is 23.4. The molecule has 1 aromatic carbocycles. The minimum atomic E-state index is -0.242. The molecule has 0 radical (unpaired) electrons. The zero-order valence-corrected chi connectivity index (χ0v) is 13.1. The van der Waals surface area contributed by atoms with Gasteiger partial charge in [-0.3, -0.25) is 9.59 Å². The van der Waals surface area contributed by atoms with Crippen LogP contribution in [0.5, 0.6) is 0 Å². The van der Waals surface area contributed by atoms with Gasteiger partial charge in [0.15, 0.2) is 0 Å². The smallest absolute Gasteiger partial charge is 0.306 e. The van der Waals surface area contributed by atoms with Crippen molar-refractivity contribution in [2.75, 3.05) is 0 Å². The number of carbonyl (C=O) groups excluding carboxylic acids is 2. The number of hydrogen-bond acceptors (Lipinski definition) is 4. The quantitative estimate of drug-likeness (QED) is 0.783. The van der Waals surface area contributed by atoms with Crippen LogP contribution in [0.1, 0.15) is 51.0 Å². The van der Waals surface area contributed by atoms with Crippen LogP contribution in [0, 0.1) is 5.92 Å². The van der Waals surface area contributed by atoms with E-state index in [1.165, 1.54) is 26.2 Å². The second-order valence-electron chi connectivity index (χ2n) is 5.88. The third-order valence-corrected chi connectivity index (χ3v) is 4.13. The van der Waals surface area contributed by atoms with E-state index in [4.69, 9.17) is 9.47 Å². The molecule has 0 bridgehead atoms.